The Balaban J connectivity index is 2.20. The molecule has 0 radical (unpaired) electrons. The number of rotatable bonds is 2. The zero-order valence-corrected chi connectivity index (χ0v) is 12.6. The first-order valence-corrected chi connectivity index (χ1v) is 7.09. The van der Waals surface area contributed by atoms with Crippen LogP contribution in [0.1, 0.15) is 15.9 Å². The first-order valence-electron chi connectivity index (χ1n) is 6.02. The number of aryl methyl sites for hydroxylation is 1. The molecule has 0 aliphatic carbocycles. The van der Waals surface area contributed by atoms with E-state index in [-0.39, 0.29) is 5.78 Å². The maximum absolute atomic E-state index is 12.7. The van der Waals surface area contributed by atoms with Gasteiger partial charge in [-0.1, -0.05) is 30.3 Å². The normalized spacial score (nSPS) is 10.8. The third-order valence-corrected chi connectivity index (χ3v) is 4.20. The zero-order chi connectivity index (χ0) is 13.4. The molecule has 0 spiro atoms. The van der Waals surface area contributed by atoms with Crippen LogP contribution in [0.4, 0.5) is 0 Å². The lowest BCUT2D eigenvalue weighted by molar-refractivity contribution is 0.103. The molecule has 0 aliphatic rings. The summed E-state index contributed by atoms with van der Waals surface area (Å²) in [6.07, 6.45) is 1.91. The minimum Gasteiger partial charge on any atom is -0.350 e. The third kappa shape index (κ3) is 2.08. The number of hydrogen-bond donors (Lipinski definition) is 0. The Hall–Kier alpha value is -1.62. The van der Waals surface area contributed by atoms with Crippen molar-refractivity contribution in [1.82, 2.24) is 4.57 Å². The van der Waals surface area contributed by atoms with Crippen molar-refractivity contribution in [2.45, 2.75) is 0 Å². The molecule has 19 heavy (non-hydrogen) atoms. The lowest BCUT2D eigenvalue weighted by Gasteiger charge is -2.02. The van der Waals surface area contributed by atoms with Crippen molar-refractivity contribution in [3.63, 3.8) is 0 Å². The molecule has 0 N–H and O–H groups in total. The topological polar surface area (TPSA) is 22.0 Å². The fraction of sp³-hybridized carbons (Fsp3) is 0.0625. The molecule has 3 aromatic rings. The highest BCUT2D eigenvalue weighted by Crippen LogP contribution is 2.24. The second-order valence-electron chi connectivity index (χ2n) is 4.48. The van der Waals surface area contributed by atoms with Gasteiger partial charge in [-0.2, -0.15) is 0 Å². The van der Waals surface area contributed by atoms with Crippen molar-refractivity contribution in [2.24, 2.45) is 7.05 Å². The van der Waals surface area contributed by atoms with E-state index in [1.165, 1.54) is 0 Å². The lowest BCUT2D eigenvalue weighted by atomic mass is 10.0. The van der Waals surface area contributed by atoms with E-state index < -0.39 is 0 Å². The largest absolute Gasteiger partial charge is 0.350 e. The van der Waals surface area contributed by atoms with Gasteiger partial charge in [0.25, 0.3) is 0 Å². The van der Waals surface area contributed by atoms with Gasteiger partial charge in [-0.25, -0.2) is 0 Å². The van der Waals surface area contributed by atoms with Crippen molar-refractivity contribution >= 4 is 39.3 Å². The van der Waals surface area contributed by atoms with Gasteiger partial charge in [0.05, 0.1) is 0 Å². The van der Waals surface area contributed by atoms with E-state index in [1.54, 1.807) is 0 Å². The van der Waals surface area contributed by atoms with Gasteiger partial charge < -0.3 is 4.57 Å². The summed E-state index contributed by atoms with van der Waals surface area (Å²) in [5.74, 6) is 0.0850. The summed E-state index contributed by atoms with van der Waals surface area (Å²) in [7, 11) is 1.97. The van der Waals surface area contributed by atoms with Crippen LogP contribution in [0.3, 0.4) is 0 Å². The number of benzene rings is 2. The average molecular weight is 361 g/mol. The monoisotopic (exact) mass is 361 g/mol. The summed E-state index contributed by atoms with van der Waals surface area (Å²) >= 11 is 2.21. The van der Waals surface area contributed by atoms with E-state index in [2.05, 4.69) is 22.6 Å². The van der Waals surface area contributed by atoms with Crippen LogP contribution in [0.25, 0.3) is 10.9 Å². The highest BCUT2D eigenvalue weighted by atomic mass is 127. The van der Waals surface area contributed by atoms with Crippen molar-refractivity contribution in [2.75, 3.05) is 0 Å². The van der Waals surface area contributed by atoms with Gasteiger partial charge in [-0.3, -0.25) is 4.79 Å². The minimum absolute atomic E-state index is 0.0850. The van der Waals surface area contributed by atoms with Crippen molar-refractivity contribution in [1.29, 1.82) is 0 Å². The standard InChI is InChI=1S/C16H12INO/c1-18-10-13(11-6-3-5-9-15(11)18)16(19)12-7-2-4-8-14(12)17/h2-10H,1H3. The zero-order valence-electron chi connectivity index (χ0n) is 10.4. The number of aromatic nitrogens is 1. The molecule has 1 heterocycles. The van der Waals surface area contributed by atoms with Crippen molar-refractivity contribution in [3.05, 3.63) is 69.4 Å². The van der Waals surface area contributed by atoms with Gasteiger partial charge in [0.2, 0.25) is 0 Å². The molecule has 0 aliphatic heterocycles. The molecule has 0 saturated heterocycles. The fourth-order valence-electron chi connectivity index (χ4n) is 2.31. The van der Waals surface area contributed by atoms with Crippen LogP contribution in [0, 0.1) is 3.57 Å². The Kier molecular flexibility index (Phi) is 3.14. The van der Waals surface area contributed by atoms with E-state index in [0.29, 0.717) is 0 Å². The van der Waals surface area contributed by atoms with Crippen LogP contribution in [0.5, 0.6) is 0 Å². The highest BCUT2D eigenvalue weighted by molar-refractivity contribution is 14.1. The molecule has 0 amide bonds. The molecule has 2 aromatic carbocycles. The first-order chi connectivity index (χ1) is 9.18. The molecular weight excluding hydrogens is 349 g/mol. The number of para-hydroxylation sites is 1. The molecule has 94 valence electrons. The summed E-state index contributed by atoms with van der Waals surface area (Å²) in [5.41, 5.74) is 2.61. The molecule has 3 heteroatoms. The number of nitrogens with zero attached hydrogens (tertiary/aromatic N) is 1. The third-order valence-electron chi connectivity index (χ3n) is 3.26. The average Bonchev–Trinajstić information content (AvgIpc) is 2.77. The quantitative estimate of drug-likeness (QED) is 0.499. The van der Waals surface area contributed by atoms with Gasteiger partial charge in [0.15, 0.2) is 5.78 Å². The van der Waals surface area contributed by atoms with Crippen LogP contribution in [0.2, 0.25) is 0 Å². The second kappa shape index (κ2) is 4.81. The maximum atomic E-state index is 12.7. The molecule has 3 rings (SSSR count). The Bertz CT molecular complexity index is 773. The molecule has 0 saturated carbocycles. The number of carbonyl (C=O) groups excluding carboxylic acids is 1. The summed E-state index contributed by atoms with van der Waals surface area (Å²) < 4.78 is 2.98. The number of fused-ring (bicyclic) bond motifs is 1. The number of carbonyl (C=O) groups is 1. The van der Waals surface area contributed by atoms with E-state index in [9.17, 15) is 4.79 Å². The molecule has 0 bridgehead atoms. The Labute approximate surface area is 125 Å². The summed E-state index contributed by atoms with van der Waals surface area (Å²) in [5, 5.41) is 1.01. The summed E-state index contributed by atoms with van der Waals surface area (Å²) in [4.78, 5) is 12.7. The fourth-order valence-corrected chi connectivity index (χ4v) is 2.95. The van der Waals surface area contributed by atoms with Crippen LogP contribution >= 0.6 is 22.6 Å². The van der Waals surface area contributed by atoms with Gasteiger partial charge in [0, 0.05) is 38.8 Å². The predicted octanol–water partition coefficient (Wildman–Crippen LogP) is 4.01. The van der Waals surface area contributed by atoms with Gasteiger partial charge >= 0.3 is 0 Å². The summed E-state index contributed by atoms with van der Waals surface area (Å²) in [6, 6.07) is 15.7. The van der Waals surface area contributed by atoms with Crippen LogP contribution in [0.15, 0.2) is 54.7 Å². The molecular formula is C16H12INO. The van der Waals surface area contributed by atoms with Crippen molar-refractivity contribution < 1.29 is 4.79 Å². The predicted molar refractivity (Wildman–Crippen MR) is 85.5 cm³/mol. The van der Waals surface area contributed by atoms with Crippen LogP contribution in [-0.2, 0) is 7.05 Å². The van der Waals surface area contributed by atoms with E-state index in [1.807, 2.05) is 66.3 Å². The first kappa shape index (κ1) is 12.4. The maximum Gasteiger partial charge on any atom is 0.196 e. The minimum atomic E-state index is 0.0850. The van der Waals surface area contributed by atoms with Gasteiger partial charge in [-0.15, -0.1) is 0 Å². The number of hydrogen-bond acceptors (Lipinski definition) is 1. The molecule has 0 fully saturated rings. The molecule has 2 nitrogen and oxygen atoms in total. The second-order valence-corrected chi connectivity index (χ2v) is 5.64. The Morgan fingerprint density at radius 2 is 1.68 bits per heavy atom. The highest BCUT2D eigenvalue weighted by Gasteiger charge is 2.17. The van der Waals surface area contributed by atoms with Gasteiger partial charge in [-0.05, 0) is 40.8 Å². The Morgan fingerprint density at radius 3 is 2.47 bits per heavy atom. The smallest absolute Gasteiger partial charge is 0.196 e. The SMILES string of the molecule is Cn1cc(C(=O)c2ccccc2I)c2ccccc21. The molecule has 0 atom stereocenters. The van der Waals surface area contributed by atoms with E-state index in [4.69, 9.17) is 0 Å². The van der Waals surface area contributed by atoms with Crippen LogP contribution < -0.4 is 0 Å². The van der Waals surface area contributed by atoms with Gasteiger partial charge in [0.1, 0.15) is 0 Å². The van der Waals surface area contributed by atoms with Crippen LogP contribution in [-0.4, -0.2) is 10.4 Å². The summed E-state index contributed by atoms with van der Waals surface area (Å²) in [6.45, 7) is 0. The Morgan fingerprint density at radius 1 is 1.00 bits per heavy atom. The lowest BCUT2D eigenvalue weighted by Crippen LogP contribution is -2.02. The molecule has 1 aromatic heterocycles. The molecule has 0 unspecified atom stereocenters. The van der Waals surface area contributed by atoms with Crippen molar-refractivity contribution in [3.8, 4) is 0 Å². The van der Waals surface area contributed by atoms with E-state index in [0.717, 1.165) is 25.6 Å². The number of ketones is 1. The number of halogens is 1. The van der Waals surface area contributed by atoms with E-state index >= 15 is 0 Å².